The summed E-state index contributed by atoms with van der Waals surface area (Å²) in [6.45, 7) is 2.25. The van der Waals surface area contributed by atoms with Crippen LogP contribution in [0.2, 0.25) is 0 Å². The Labute approximate surface area is 178 Å². The van der Waals surface area contributed by atoms with E-state index in [-0.39, 0.29) is 18.3 Å². The van der Waals surface area contributed by atoms with Gasteiger partial charge in [0.2, 0.25) is 11.7 Å². The van der Waals surface area contributed by atoms with Gasteiger partial charge in [0.1, 0.15) is 5.82 Å². The summed E-state index contributed by atoms with van der Waals surface area (Å²) in [6.07, 6.45) is 3.97. The van der Waals surface area contributed by atoms with Gasteiger partial charge in [-0.05, 0) is 37.1 Å². The maximum Gasteiger partial charge on any atom is 0.260 e. The van der Waals surface area contributed by atoms with Crippen molar-refractivity contribution in [3.05, 3.63) is 54.3 Å². The van der Waals surface area contributed by atoms with E-state index in [9.17, 15) is 9.18 Å². The van der Waals surface area contributed by atoms with E-state index in [1.54, 1.807) is 23.2 Å². The largest absolute Gasteiger partial charge is 0.481 e. The Morgan fingerprint density at radius 2 is 1.94 bits per heavy atom. The molecule has 2 aromatic heterocycles. The van der Waals surface area contributed by atoms with E-state index in [1.807, 2.05) is 12.1 Å². The summed E-state index contributed by atoms with van der Waals surface area (Å²) in [7, 11) is 0. The summed E-state index contributed by atoms with van der Waals surface area (Å²) in [5.41, 5.74) is 0.818. The van der Waals surface area contributed by atoms with Crippen molar-refractivity contribution in [3.63, 3.8) is 0 Å². The van der Waals surface area contributed by atoms with Gasteiger partial charge in [-0.15, -0.1) is 0 Å². The number of rotatable bonds is 6. The number of carbonyl (C=O) groups is 1. The number of piperazine rings is 1. The molecule has 1 aliphatic carbocycles. The third kappa shape index (κ3) is 4.35. The van der Waals surface area contributed by atoms with Crippen LogP contribution in [0.3, 0.4) is 0 Å². The number of carbonyl (C=O) groups excluding carboxylic acids is 1. The van der Waals surface area contributed by atoms with Crippen LogP contribution in [0.15, 0.2) is 47.1 Å². The number of benzene rings is 1. The number of anilines is 1. The van der Waals surface area contributed by atoms with Crippen LogP contribution in [0.5, 0.6) is 5.75 Å². The first kappa shape index (κ1) is 19.5. The monoisotopic (exact) mass is 423 g/mol. The molecule has 0 atom stereocenters. The fourth-order valence-corrected chi connectivity index (χ4v) is 3.53. The molecule has 0 radical (unpaired) electrons. The molecular formula is C22H22FN5O3. The number of para-hydroxylation sites is 1. The van der Waals surface area contributed by atoms with Gasteiger partial charge in [0.25, 0.3) is 5.91 Å². The second-order valence-electron chi connectivity index (χ2n) is 7.72. The quantitative estimate of drug-likeness (QED) is 0.603. The zero-order valence-corrected chi connectivity index (χ0v) is 16.9. The Morgan fingerprint density at radius 1 is 1.13 bits per heavy atom. The second-order valence-corrected chi connectivity index (χ2v) is 7.72. The molecule has 160 valence electrons. The molecular weight excluding hydrogens is 401 g/mol. The van der Waals surface area contributed by atoms with Crippen LogP contribution in [0.25, 0.3) is 11.4 Å². The van der Waals surface area contributed by atoms with Crippen LogP contribution in [-0.2, 0) is 4.79 Å². The van der Waals surface area contributed by atoms with Crippen molar-refractivity contribution in [1.82, 2.24) is 20.0 Å². The van der Waals surface area contributed by atoms with E-state index in [1.165, 1.54) is 12.1 Å². The first-order chi connectivity index (χ1) is 15.2. The molecule has 0 spiro atoms. The molecule has 1 amide bonds. The summed E-state index contributed by atoms with van der Waals surface area (Å²) in [6, 6.07) is 9.94. The second kappa shape index (κ2) is 8.33. The van der Waals surface area contributed by atoms with E-state index < -0.39 is 5.82 Å². The highest BCUT2D eigenvalue weighted by Gasteiger charge is 2.30. The number of ether oxygens (including phenoxy) is 1. The van der Waals surface area contributed by atoms with Gasteiger partial charge in [0, 0.05) is 43.9 Å². The third-order valence-electron chi connectivity index (χ3n) is 5.52. The van der Waals surface area contributed by atoms with Crippen molar-refractivity contribution in [2.75, 3.05) is 37.7 Å². The number of hydrogen-bond donors (Lipinski definition) is 0. The first-order valence-electron chi connectivity index (χ1n) is 10.4. The highest BCUT2D eigenvalue weighted by Crippen LogP contribution is 2.39. The molecule has 8 nitrogen and oxygen atoms in total. The van der Waals surface area contributed by atoms with E-state index in [2.05, 4.69) is 20.0 Å². The van der Waals surface area contributed by atoms with Gasteiger partial charge in [-0.2, -0.15) is 4.98 Å². The predicted molar refractivity (Wildman–Crippen MR) is 110 cm³/mol. The predicted octanol–water partition coefficient (Wildman–Crippen LogP) is 2.88. The molecule has 31 heavy (non-hydrogen) atoms. The fraction of sp³-hybridized carbons (Fsp3) is 0.364. The van der Waals surface area contributed by atoms with E-state index in [0.717, 1.165) is 24.2 Å². The summed E-state index contributed by atoms with van der Waals surface area (Å²) >= 11 is 0. The zero-order chi connectivity index (χ0) is 21.2. The zero-order valence-electron chi connectivity index (χ0n) is 16.9. The van der Waals surface area contributed by atoms with Gasteiger partial charge in [-0.25, -0.2) is 9.37 Å². The van der Waals surface area contributed by atoms with Gasteiger partial charge in [-0.3, -0.25) is 4.79 Å². The Bertz CT molecular complexity index is 1060. The molecule has 0 N–H and O–H groups in total. The Balaban J connectivity index is 1.14. The molecule has 1 aliphatic heterocycles. The number of pyridine rings is 1. The van der Waals surface area contributed by atoms with Crippen LogP contribution in [0.4, 0.5) is 10.2 Å². The van der Waals surface area contributed by atoms with Gasteiger partial charge in [0.15, 0.2) is 18.2 Å². The van der Waals surface area contributed by atoms with Crippen LogP contribution < -0.4 is 9.64 Å². The molecule has 0 unspecified atom stereocenters. The lowest BCUT2D eigenvalue weighted by Gasteiger charge is -2.35. The summed E-state index contributed by atoms with van der Waals surface area (Å²) < 4.78 is 24.3. The molecule has 5 rings (SSSR count). The van der Waals surface area contributed by atoms with E-state index in [0.29, 0.717) is 43.8 Å². The van der Waals surface area contributed by atoms with Crippen LogP contribution in [0, 0.1) is 5.82 Å². The van der Waals surface area contributed by atoms with Gasteiger partial charge in [-0.1, -0.05) is 17.3 Å². The summed E-state index contributed by atoms with van der Waals surface area (Å²) in [4.78, 5) is 25.2. The summed E-state index contributed by atoms with van der Waals surface area (Å²) in [5, 5.41) is 4.04. The number of nitrogens with zero attached hydrogens (tertiary/aromatic N) is 5. The number of hydrogen-bond acceptors (Lipinski definition) is 7. The van der Waals surface area contributed by atoms with Gasteiger partial charge >= 0.3 is 0 Å². The van der Waals surface area contributed by atoms with Crippen molar-refractivity contribution in [2.45, 2.75) is 18.8 Å². The molecule has 2 aliphatic rings. The Morgan fingerprint density at radius 3 is 2.65 bits per heavy atom. The molecule has 1 saturated carbocycles. The van der Waals surface area contributed by atoms with Crippen molar-refractivity contribution in [3.8, 4) is 17.1 Å². The molecule has 2 fully saturated rings. The standard InChI is InChI=1S/C22H22FN5O3/c23-17-3-1-2-4-18(17)30-14-20(29)28-11-9-27(10-12-28)19-8-7-16(13-24-19)21-25-22(31-26-21)15-5-6-15/h1-4,7-8,13,15H,5-6,9-12,14H2. The minimum atomic E-state index is -0.473. The maximum absolute atomic E-state index is 13.6. The van der Waals surface area contributed by atoms with Crippen molar-refractivity contribution < 1.29 is 18.4 Å². The highest BCUT2D eigenvalue weighted by molar-refractivity contribution is 5.78. The topological polar surface area (TPSA) is 84.6 Å². The third-order valence-corrected chi connectivity index (χ3v) is 5.52. The lowest BCUT2D eigenvalue weighted by Crippen LogP contribution is -2.50. The van der Waals surface area contributed by atoms with Crippen molar-refractivity contribution in [1.29, 1.82) is 0 Å². The average Bonchev–Trinajstić information content (AvgIpc) is 3.55. The van der Waals surface area contributed by atoms with Crippen LogP contribution in [-0.4, -0.2) is 58.7 Å². The Kier molecular flexibility index (Phi) is 5.23. The van der Waals surface area contributed by atoms with Gasteiger partial charge < -0.3 is 19.1 Å². The molecule has 1 saturated heterocycles. The average molecular weight is 423 g/mol. The highest BCUT2D eigenvalue weighted by atomic mass is 19.1. The molecule has 3 heterocycles. The smallest absolute Gasteiger partial charge is 0.260 e. The molecule has 1 aromatic carbocycles. The van der Waals surface area contributed by atoms with E-state index >= 15 is 0 Å². The van der Waals surface area contributed by atoms with Crippen LogP contribution >= 0.6 is 0 Å². The SMILES string of the molecule is O=C(COc1ccccc1F)N1CCN(c2ccc(-c3noc(C4CC4)n3)cn2)CC1. The Hall–Kier alpha value is -3.49. The van der Waals surface area contributed by atoms with Crippen molar-refractivity contribution in [2.24, 2.45) is 0 Å². The fourth-order valence-electron chi connectivity index (χ4n) is 3.53. The van der Waals surface area contributed by atoms with Crippen LogP contribution in [0.1, 0.15) is 24.7 Å². The normalized spacial score (nSPS) is 16.4. The minimum Gasteiger partial charge on any atom is -0.481 e. The van der Waals surface area contributed by atoms with Gasteiger partial charge in [0.05, 0.1) is 0 Å². The first-order valence-corrected chi connectivity index (χ1v) is 10.4. The maximum atomic E-state index is 13.6. The summed E-state index contributed by atoms with van der Waals surface area (Å²) in [5.74, 6) is 1.98. The molecule has 3 aromatic rings. The lowest BCUT2D eigenvalue weighted by atomic mass is 10.2. The number of halogens is 1. The number of amides is 1. The van der Waals surface area contributed by atoms with Crippen molar-refractivity contribution >= 4 is 11.7 Å². The number of aromatic nitrogens is 3. The van der Waals surface area contributed by atoms with E-state index in [4.69, 9.17) is 9.26 Å². The molecule has 0 bridgehead atoms. The minimum absolute atomic E-state index is 0.0876. The lowest BCUT2D eigenvalue weighted by molar-refractivity contribution is -0.133. The molecule has 9 heteroatoms.